The molecule has 1 N–H and O–H groups in total. The van der Waals surface area contributed by atoms with E-state index < -0.39 is 5.97 Å². The third-order valence-electron chi connectivity index (χ3n) is 5.83. The molecule has 2 aliphatic rings. The molecule has 1 aromatic carbocycles. The van der Waals surface area contributed by atoms with E-state index in [0.717, 1.165) is 42.6 Å². The summed E-state index contributed by atoms with van der Waals surface area (Å²) in [7, 11) is 3.22. The molecule has 148 valence electrons. The lowest BCUT2D eigenvalue weighted by Gasteiger charge is -2.37. The Morgan fingerprint density at radius 2 is 1.93 bits per heavy atom. The second-order valence-corrected chi connectivity index (χ2v) is 7.50. The van der Waals surface area contributed by atoms with Crippen molar-refractivity contribution in [3.63, 3.8) is 0 Å². The van der Waals surface area contributed by atoms with Gasteiger partial charge in [-0.3, -0.25) is 14.7 Å². The molecular formula is C22H26N2O4. The highest BCUT2D eigenvalue weighted by Gasteiger charge is 2.31. The number of carboxylic acid groups (broad SMARTS) is 1. The number of aliphatic carboxylic acids is 1. The van der Waals surface area contributed by atoms with Crippen LogP contribution in [-0.2, 0) is 30.6 Å². The minimum atomic E-state index is -0.806. The number of carbonyl (C=O) groups is 1. The Kier molecular flexibility index (Phi) is 5.22. The summed E-state index contributed by atoms with van der Waals surface area (Å²) in [5, 5.41) is 9.53. The van der Waals surface area contributed by atoms with E-state index in [1.54, 1.807) is 14.2 Å². The average molecular weight is 382 g/mol. The Morgan fingerprint density at radius 1 is 1.14 bits per heavy atom. The number of ether oxygens (including phenoxy) is 2. The molecule has 1 unspecified atom stereocenters. The summed E-state index contributed by atoms with van der Waals surface area (Å²) >= 11 is 0. The van der Waals surface area contributed by atoms with Crippen molar-refractivity contribution in [3.8, 4) is 11.5 Å². The van der Waals surface area contributed by atoms with Gasteiger partial charge in [-0.05, 0) is 60.6 Å². The number of fused-ring (bicyclic) bond motifs is 2. The number of pyridine rings is 1. The van der Waals surface area contributed by atoms with Crippen molar-refractivity contribution in [1.29, 1.82) is 0 Å². The molecule has 6 nitrogen and oxygen atoms in total. The molecule has 0 bridgehead atoms. The van der Waals surface area contributed by atoms with Crippen molar-refractivity contribution in [1.82, 2.24) is 9.88 Å². The summed E-state index contributed by atoms with van der Waals surface area (Å²) in [6, 6.07) is 7.98. The summed E-state index contributed by atoms with van der Waals surface area (Å²) < 4.78 is 10.9. The molecule has 1 aromatic heterocycles. The molecule has 28 heavy (non-hydrogen) atoms. The van der Waals surface area contributed by atoms with Gasteiger partial charge >= 0.3 is 5.97 Å². The predicted octanol–water partition coefficient (Wildman–Crippen LogP) is 3.16. The summed E-state index contributed by atoms with van der Waals surface area (Å²) in [6.07, 6.45) is 4.22. The van der Waals surface area contributed by atoms with E-state index in [0.29, 0.717) is 18.0 Å². The van der Waals surface area contributed by atoms with Gasteiger partial charge in [-0.1, -0.05) is 6.07 Å². The van der Waals surface area contributed by atoms with Gasteiger partial charge in [0, 0.05) is 24.8 Å². The Morgan fingerprint density at radius 3 is 2.68 bits per heavy atom. The minimum absolute atomic E-state index is 0.0490. The van der Waals surface area contributed by atoms with Gasteiger partial charge in [0.25, 0.3) is 0 Å². The fourth-order valence-corrected chi connectivity index (χ4v) is 4.44. The molecule has 0 saturated carbocycles. The molecule has 1 aliphatic carbocycles. The first-order chi connectivity index (χ1) is 13.6. The van der Waals surface area contributed by atoms with E-state index >= 15 is 0 Å². The lowest BCUT2D eigenvalue weighted by Crippen LogP contribution is -2.36. The molecule has 4 rings (SSSR count). The standard InChI is InChI=1S/C22H26N2O4/c1-27-20-10-15-8-9-24(13-16-7-6-14-4-3-5-18(14)23-16)19(12-22(25)26)17(15)11-21(20)28-2/h6-7,10-11,19H,3-5,8-9,12-13H2,1-2H3,(H,25,26). The van der Waals surface area contributed by atoms with Gasteiger partial charge in [0.1, 0.15) is 0 Å². The minimum Gasteiger partial charge on any atom is -0.493 e. The van der Waals surface area contributed by atoms with E-state index in [1.165, 1.54) is 17.7 Å². The highest BCUT2D eigenvalue weighted by Crippen LogP contribution is 2.40. The van der Waals surface area contributed by atoms with Crippen LogP contribution in [0.2, 0.25) is 0 Å². The monoisotopic (exact) mass is 382 g/mol. The van der Waals surface area contributed by atoms with Crippen LogP contribution in [0, 0.1) is 0 Å². The molecule has 0 radical (unpaired) electrons. The number of hydrogen-bond donors (Lipinski definition) is 1. The molecule has 0 fully saturated rings. The van der Waals surface area contributed by atoms with E-state index in [-0.39, 0.29) is 12.5 Å². The smallest absolute Gasteiger partial charge is 0.305 e. The first-order valence-corrected chi connectivity index (χ1v) is 9.77. The molecule has 2 aromatic rings. The quantitative estimate of drug-likeness (QED) is 0.827. The van der Waals surface area contributed by atoms with Crippen LogP contribution in [-0.4, -0.2) is 41.7 Å². The molecule has 1 aliphatic heterocycles. The van der Waals surface area contributed by atoms with Crippen molar-refractivity contribution < 1.29 is 19.4 Å². The number of nitrogens with zero attached hydrogens (tertiary/aromatic N) is 2. The van der Waals surface area contributed by atoms with Crippen molar-refractivity contribution in [2.24, 2.45) is 0 Å². The van der Waals surface area contributed by atoms with Gasteiger partial charge in [0.15, 0.2) is 11.5 Å². The van der Waals surface area contributed by atoms with Crippen LogP contribution in [0.5, 0.6) is 11.5 Å². The predicted molar refractivity (Wildman–Crippen MR) is 105 cm³/mol. The lowest BCUT2D eigenvalue weighted by molar-refractivity contribution is -0.138. The molecule has 6 heteroatoms. The zero-order valence-corrected chi connectivity index (χ0v) is 16.4. The van der Waals surface area contributed by atoms with Gasteiger partial charge < -0.3 is 14.6 Å². The van der Waals surface area contributed by atoms with Crippen LogP contribution < -0.4 is 9.47 Å². The molecule has 2 heterocycles. The third-order valence-corrected chi connectivity index (χ3v) is 5.83. The normalized spacial score (nSPS) is 18.4. The lowest BCUT2D eigenvalue weighted by atomic mass is 9.90. The Hall–Kier alpha value is -2.60. The van der Waals surface area contributed by atoms with Crippen LogP contribution in [0.15, 0.2) is 24.3 Å². The third kappa shape index (κ3) is 3.56. The van der Waals surface area contributed by atoms with Crippen molar-refractivity contribution >= 4 is 5.97 Å². The van der Waals surface area contributed by atoms with Crippen LogP contribution >= 0.6 is 0 Å². The number of aryl methyl sites for hydroxylation is 2. The number of methoxy groups -OCH3 is 2. The van der Waals surface area contributed by atoms with Crippen molar-refractivity contribution in [2.75, 3.05) is 20.8 Å². The molecule has 0 amide bonds. The van der Waals surface area contributed by atoms with E-state index in [9.17, 15) is 9.90 Å². The van der Waals surface area contributed by atoms with Gasteiger partial charge in [-0.25, -0.2) is 0 Å². The molecular weight excluding hydrogens is 356 g/mol. The maximum absolute atomic E-state index is 11.6. The van der Waals surface area contributed by atoms with Crippen LogP contribution in [0.3, 0.4) is 0 Å². The van der Waals surface area contributed by atoms with E-state index in [2.05, 4.69) is 17.0 Å². The fourth-order valence-electron chi connectivity index (χ4n) is 4.44. The first kappa shape index (κ1) is 18.7. The highest BCUT2D eigenvalue weighted by atomic mass is 16.5. The number of rotatable bonds is 6. The Balaban J connectivity index is 1.65. The van der Waals surface area contributed by atoms with Gasteiger partial charge in [0.05, 0.1) is 26.3 Å². The summed E-state index contributed by atoms with van der Waals surface area (Å²) in [5.41, 5.74) is 5.71. The Bertz CT molecular complexity index is 896. The van der Waals surface area contributed by atoms with Gasteiger partial charge in [-0.15, -0.1) is 0 Å². The molecule has 1 atom stereocenters. The Labute approximate surface area is 165 Å². The fraction of sp³-hybridized carbons (Fsp3) is 0.455. The SMILES string of the molecule is COc1cc2c(cc1OC)C(CC(=O)O)N(Cc1ccc3c(n1)CCC3)CC2. The van der Waals surface area contributed by atoms with Gasteiger partial charge in [0.2, 0.25) is 0 Å². The van der Waals surface area contributed by atoms with Crippen LogP contribution in [0.4, 0.5) is 0 Å². The summed E-state index contributed by atoms with van der Waals surface area (Å²) in [6.45, 7) is 1.44. The molecule has 0 saturated heterocycles. The first-order valence-electron chi connectivity index (χ1n) is 9.77. The van der Waals surface area contributed by atoms with Crippen LogP contribution in [0.25, 0.3) is 0 Å². The summed E-state index contributed by atoms with van der Waals surface area (Å²) in [5.74, 6) is 0.512. The number of hydrogen-bond acceptors (Lipinski definition) is 5. The van der Waals surface area contributed by atoms with Gasteiger partial charge in [-0.2, -0.15) is 0 Å². The largest absolute Gasteiger partial charge is 0.493 e. The van der Waals surface area contributed by atoms with Crippen LogP contribution in [0.1, 0.15) is 47.0 Å². The topological polar surface area (TPSA) is 71.9 Å². The highest BCUT2D eigenvalue weighted by molar-refractivity contribution is 5.68. The number of aromatic nitrogens is 1. The zero-order chi connectivity index (χ0) is 19.7. The average Bonchev–Trinajstić information content (AvgIpc) is 3.16. The zero-order valence-electron chi connectivity index (χ0n) is 16.4. The maximum atomic E-state index is 11.6. The summed E-state index contributed by atoms with van der Waals surface area (Å²) in [4.78, 5) is 18.7. The van der Waals surface area contributed by atoms with E-state index in [4.69, 9.17) is 14.5 Å². The molecule has 0 spiro atoms. The second kappa shape index (κ2) is 7.80. The second-order valence-electron chi connectivity index (χ2n) is 7.50. The number of carboxylic acids is 1. The number of benzene rings is 1. The van der Waals surface area contributed by atoms with Crippen molar-refractivity contribution in [2.45, 2.75) is 44.7 Å². The maximum Gasteiger partial charge on any atom is 0.305 e. The van der Waals surface area contributed by atoms with E-state index in [1.807, 2.05) is 12.1 Å². The van der Waals surface area contributed by atoms with Crippen molar-refractivity contribution in [3.05, 3.63) is 52.3 Å².